The van der Waals surface area contributed by atoms with E-state index in [0.717, 1.165) is 17.1 Å². The Balaban J connectivity index is 0.000000771. The monoisotopic (exact) mass is 245 g/mol. The van der Waals surface area contributed by atoms with E-state index >= 15 is 0 Å². The van der Waals surface area contributed by atoms with Gasteiger partial charge in [0.25, 0.3) is 0 Å². The summed E-state index contributed by atoms with van der Waals surface area (Å²) in [5.74, 6) is 2.28. The molecule has 0 aliphatic carbocycles. The van der Waals surface area contributed by atoms with Gasteiger partial charge in [-0.3, -0.25) is 4.98 Å². The van der Waals surface area contributed by atoms with Crippen LogP contribution in [-0.4, -0.2) is 12.1 Å². The molecule has 0 aliphatic rings. The molecule has 0 saturated carbocycles. The highest BCUT2D eigenvalue weighted by molar-refractivity contribution is 5.41. The minimum atomic E-state index is 0.716. The molecule has 3 nitrogen and oxygen atoms in total. The van der Waals surface area contributed by atoms with Crippen molar-refractivity contribution in [2.75, 3.05) is 7.11 Å². The molecule has 0 bridgehead atoms. The summed E-state index contributed by atoms with van der Waals surface area (Å²) in [6.45, 7) is 5.99. The molecule has 0 N–H and O–H groups in total. The maximum Gasteiger partial charge on any atom is 0.145 e. The normalized spacial score (nSPS) is 9.11. The van der Waals surface area contributed by atoms with E-state index in [4.69, 9.17) is 9.47 Å². The smallest absolute Gasteiger partial charge is 0.145 e. The zero-order chi connectivity index (χ0) is 13.4. The summed E-state index contributed by atoms with van der Waals surface area (Å²) >= 11 is 0. The molecule has 96 valence electrons. The van der Waals surface area contributed by atoms with Gasteiger partial charge in [-0.15, -0.1) is 0 Å². The van der Waals surface area contributed by atoms with Crippen LogP contribution in [-0.2, 0) is 0 Å². The van der Waals surface area contributed by atoms with E-state index in [1.165, 1.54) is 0 Å². The molecule has 0 unspecified atom stereocenters. The van der Waals surface area contributed by atoms with Gasteiger partial charge >= 0.3 is 0 Å². The molecule has 0 radical (unpaired) electrons. The van der Waals surface area contributed by atoms with Gasteiger partial charge in [0.2, 0.25) is 0 Å². The van der Waals surface area contributed by atoms with Crippen molar-refractivity contribution < 1.29 is 9.47 Å². The van der Waals surface area contributed by atoms with Crippen LogP contribution in [0.3, 0.4) is 0 Å². The van der Waals surface area contributed by atoms with Gasteiger partial charge in [0.1, 0.15) is 17.2 Å². The summed E-state index contributed by atoms with van der Waals surface area (Å²) in [4.78, 5) is 3.98. The summed E-state index contributed by atoms with van der Waals surface area (Å²) in [5.41, 5.74) is 1.08. The Morgan fingerprint density at radius 2 is 1.83 bits per heavy atom. The molecule has 3 heteroatoms. The van der Waals surface area contributed by atoms with Crippen LogP contribution in [0.4, 0.5) is 0 Å². The molecule has 1 heterocycles. The highest BCUT2D eigenvalue weighted by Crippen LogP contribution is 2.27. The van der Waals surface area contributed by atoms with Crippen LogP contribution in [0.5, 0.6) is 17.2 Å². The van der Waals surface area contributed by atoms with Crippen LogP contribution in [0.15, 0.2) is 42.7 Å². The molecule has 0 aliphatic heterocycles. The van der Waals surface area contributed by atoms with Crippen molar-refractivity contribution in [2.24, 2.45) is 0 Å². The second-order valence-corrected chi connectivity index (χ2v) is 3.42. The molecule has 0 atom stereocenters. The maximum absolute atomic E-state index is 5.63. The first-order valence-electron chi connectivity index (χ1n) is 6.02. The van der Waals surface area contributed by atoms with Crippen molar-refractivity contribution in [2.45, 2.75) is 20.8 Å². The lowest BCUT2D eigenvalue weighted by Gasteiger charge is -2.08. The van der Waals surface area contributed by atoms with Gasteiger partial charge in [0.05, 0.1) is 13.3 Å². The third-order valence-electron chi connectivity index (χ3n) is 2.25. The quantitative estimate of drug-likeness (QED) is 0.811. The number of aromatic nitrogens is 1. The van der Waals surface area contributed by atoms with Crippen molar-refractivity contribution in [1.29, 1.82) is 0 Å². The first-order valence-corrected chi connectivity index (χ1v) is 6.02. The molecular formula is C15H19NO2. The van der Waals surface area contributed by atoms with Gasteiger partial charge in [0.15, 0.2) is 0 Å². The zero-order valence-corrected chi connectivity index (χ0v) is 11.3. The average molecular weight is 245 g/mol. The van der Waals surface area contributed by atoms with Crippen molar-refractivity contribution in [3.8, 4) is 17.2 Å². The van der Waals surface area contributed by atoms with Gasteiger partial charge < -0.3 is 9.47 Å². The third-order valence-corrected chi connectivity index (χ3v) is 2.25. The summed E-state index contributed by atoms with van der Waals surface area (Å²) < 4.78 is 10.9. The Labute approximate surface area is 108 Å². The van der Waals surface area contributed by atoms with Crippen molar-refractivity contribution in [1.82, 2.24) is 4.98 Å². The van der Waals surface area contributed by atoms with Crippen LogP contribution in [0.1, 0.15) is 19.4 Å². The molecular weight excluding hydrogens is 226 g/mol. The largest absolute Gasteiger partial charge is 0.496 e. The summed E-state index contributed by atoms with van der Waals surface area (Å²) in [6, 6.07) is 9.43. The number of benzene rings is 1. The fourth-order valence-electron chi connectivity index (χ4n) is 1.41. The Kier molecular flexibility index (Phi) is 5.71. The predicted octanol–water partition coefficient (Wildman–Crippen LogP) is 4.22. The minimum Gasteiger partial charge on any atom is -0.496 e. The lowest BCUT2D eigenvalue weighted by Crippen LogP contribution is -1.89. The highest BCUT2D eigenvalue weighted by Gasteiger charge is 2.02. The Morgan fingerprint density at radius 1 is 1.06 bits per heavy atom. The predicted molar refractivity (Wildman–Crippen MR) is 73.4 cm³/mol. The molecule has 0 amide bonds. The molecule has 0 spiro atoms. The van der Waals surface area contributed by atoms with Gasteiger partial charge in [-0.05, 0) is 30.7 Å². The van der Waals surface area contributed by atoms with E-state index in [1.807, 2.05) is 51.1 Å². The van der Waals surface area contributed by atoms with Gasteiger partial charge in [-0.1, -0.05) is 19.9 Å². The van der Waals surface area contributed by atoms with E-state index in [-0.39, 0.29) is 0 Å². The second-order valence-electron chi connectivity index (χ2n) is 3.42. The fraction of sp³-hybridized carbons (Fsp3) is 0.267. The first kappa shape index (κ1) is 14.0. The summed E-state index contributed by atoms with van der Waals surface area (Å²) in [6.07, 6.45) is 3.38. The number of nitrogens with zero attached hydrogens (tertiary/aromatic N) is 1. The lowest BCUT2D eigenvalue weighted by atomic mass is 10.2. The van der Waals surface area contributed by atoms with Crippen molar-refractivity contribution >= 4 is 0 Å². The molecule has 2 rings (SSSR count). The van der Waals surface area contributed by atoms with Gasteiger partial charge in [0, 0.05) is 12.3 Å². The number of ether oxygens (including phenoxy) is 2. The lowest BCUT2D eigenvalue weighted by molar-refractivity contribution is 0.406. The maximum atomic E-state index is 5.63. The number of hydrogen-bond donors (Lipinski definition) is 0. The third kappa shape index (κ3) is 3.77. The number of aryl methyl sites for hydroxylation is 1. The zero-order valence-electron chi connectivity index (χ0n) is 11.3. The van der Waals surface area contributed by atoms with Crippen LogP contribution in [0.2, 0.25) is 0 Å². The first-order chi connectivity index (χ1) is 8.79. The Hall–Kier alpha value is -2.03. The molecule has 2 aromatic rings. The average Bonchev–Trinajstić information content (AvgIpc) is 2.44. The summed E-state index contributed by atoms with van der Waals surface area (Å²) in [7, 11) is 1.65. The van der Waals surface area contributed by atoms with E-state index < -0.39 is 0 Å². The summed E-state index contributed by atoms with van der Waals surface area (Å²) in [5, 5.41) is 0. The van der Waals surface area contributed by atoms with Crippen molar-refractivity contribution in [3.63, 3.8) is 0 Å². The number of pyridine rings is 1. The van der Waals surface area contributed by atoms with Gasteiger partial charge in [-0.25, -0.2) is 0 Å². The standard InChI is InChI=1S/C13H13NO2.C2H6/c1-10-5-6-11(8-13(10)15-2)16-12-4-3-7-14-9-12;1-2/h3-9H,1-2H3;1-2H3. The van der Waals surface area contributed by atoms with E-state index in [1.54, 1.807) is 19.5 Å². The molecule has 0 fully saturated rings. The molecule has 18 heavy (non-hydrogen) atoms. The second kappa shape index (κ2) is 7.33. The van der Waals surface area contributed by atoms with E-state index in [2.05, 4.69) is 4.98 Å². The highest BCUT2D eigenvalue weighted by atomic mass is 16.5. The van der Waals surface area contributed by atoms with Crippen LogP contribution in [0, 0.1) is 6.92 Å². The number of rotatable bonds is 3. The number of methoxy groups -OCH3 is 1. The van der Waals surface area contributed by atoms with Crippen molar-refractivity contribution in [3.05, 3.63) is 48.3 Å². The number of hydrogen-bond acceptors (Lipinski definition) is 3. The molecule has 0 saturated heterocycles. The minimum absolute atomic E-state index is 0.716. The van der Waals surface area contributed by atoms with Gasteiger partial charge in [-0.2, -0.15) is 0 Å². The Morgan fingerprint density at radius 3 is 2.44 bits per heavy atom. The molecule has 1 aromatic carbocycles. The van der Waals surface area contributed by atoms with E-state index in [0.29, 0.717) is 5.75 Å². The van der Waals surface area contributed by atoms with E-state index in [9.17, 15) is 0 Å². The van der Waals surface area contributed by atoms with Crippen LogP contribution >= 0.6 is 0 Å². The Bertz CT molecular complexity index is 469. The SMILES string of the molecule is CC.COc1cc(Oc2cccnc2)ccc1C. The molecule has 1 aromatic heterocycles. The topological polar surface area (TPSA) is 31.4 Å². The van der Waals surface area contributed by atoms with Crippen LogP contribution in [0.25, 0.3) is 0 Å². The fourth-order valence-corrected chi connectivity index (χ4v) is 1.41. The van der Waals surface area contributed by atoms with Crippen LogP contribution < -0.4 is 9.47 Å².